The summed E-state index contributed by atoms with van der Waals surface area (Å²) in [4.78, 5) is 25.4. The van der Waals surface area contributed by atoms with Crippen molar-refractivity contribution in [3.05, 3.63) is 0 Å². The molecule has 25 heavy (non-hydrogen) atoms. The number of hydrogen-bond donors (Lipinski definition) is 0. The van der Waals surface area contributed by atoms with Crippen LogP contribution in [0.2, 0.25) is 0 Å². The highest BCUT2D eigenvalue weighted by atomic mass is 16.6. The fraction of sp³-hybridized carbons (Fsp3) is 0.905. The Morgan fingerprint density at radius 1 is 1.16 bits per heavy atom. The molecule has 2 fully saturated rings. The molecule has 0 amide bonds. The van der Waals surface area contributed by atoms with E-state index < -0.39 is 16.6 Å². The predicted octanol–water partition coefficient (Wildman–Crippen LogP) is 4.89. The third-order valence-corrected chi connectivity index (χ3v) is 6.69. The molecular weight excluding hydrogens is 316 g/mol. The molecule has 1 aliphatic carbocycles. The van der Waals surface area contributed by atoms with Crippen LogP contribution in [0, 0.1) is 22.2 Å². The minimum absolute atomic E-state index is 0.00331. The lowest BCUT2D eigenvalue weighted by molar-refractivity contribution is -0.211. The van der Waals surface area contributed by atoms with Crippen molar-refractivity contribution in [1.29, 1.82) is 0 Å². The average molecular weight is 353 g/mol. The number of esters is 2. The number of ether oxygens (including phenoxy) is 2. The molecule has 1 aliphatic heterocycles. The van der Waals surface area contributed by atoms with E-state index in [2.05, 4.69) is 41.5 Å². The fourth-order valence-electron chi connectivity index (χ4n) is 4.34. The van der Waals surface area contributed by atoms with Crippen molar-refractivity contribution in [2.24, 2.45) is 22.2 Å². The number of rotatable bonds is 3. The molecule has 0 radical (unpaired) electrons. The Hall–Kier alpha value is -1.06. The van der Waals surface area contributed by atoms with Crippen LogP contribution in [0.4, 0.5) is 0 Å². The van der Waals surface area contributed by atoms with Gasteiger partial charge in [-0.3, -0.25) is 9.59 Å². The zero-order valence-electron chi connectivity index (χ0n) is 17.5. The Labute approximate surface area is 153 Å². The van der Waals surface area contributed by atoms with E-state index >= 15 is 0 Å². The van der Waals surface area contributed by atoms with Crippen molar-refractivity contribution in [2.45, 2.75) is 99.2 Å². The quantitative estimate of drug-likeness (QED) is 0.678. The smallest absolute Gasteiger partial charge is 0.313 e. The molecule has 4 unspecified atom stereocenters. The van der Waals surface area contributed by atoms with Crippen LogP contribution in [-0.2, 0) is 19.1 Å². The molecule has 2 bridgehead atoms. The minimum Gasteiger partial charge on any atom is -0.455 e. The molecule has 0 N–H and O–H groups in total. The van der Waals surface area contributed by atoms with Gasteiger partial charge in [-0.2, -0.15) is 0 Å². The molecule has 4 nitrogen and oxygen atoms in total. The summed E-state index contributed by atoms with van der Waals surface area (Å²) in [5.41, 5.74) is -2.34. The van der Waals surface area contributed by atoms with Crippen LogP contribution in [0.5, 0.6) is 0 Å². The molecule has 144 valence electrons. The highest BCUT2D eigenvalue weighted by Crippen LogP contribution is 2.53. The highest BCUT2D eigenvalue weighted by Gasteiger charge is 2.62. The SMILES string of the molecule is CC(C)(C)CC(C)(C(=O)OC1(C)CCC2CC1(C)OC2=O)C(C)(C)C. The third-order valence-electron chi connectivity index (χ3n) is 6.69. The standard InChI is InChI=1S/C21H36O4/c1-17(2,3)13-19(7,18(4,5)6)16(23)25-20(8)11-10-14-12-21(20,9)24-15(14)22/h14H,10-13H2,1-9H3. The van der Waals surface area contributed by atoms with Crippen molar-refractivity contribution in [3.8, 4) is 0 Å². The van der Waals surface area contributed by atoms with E-state index in [1.165, 1.54) is 0 Å². The summed E-state index contributed by atoms with van der Waals surface area (Å²) >= 11 is 0. The lowest BCUT2D eigenvalue weighted by Gasteiger charge is -2.49. The Morgan fingerprint density at radius 2 is 1.72 bits per heavy atom. The van der Waals surface area contributed by atoms with Gasteiger partial charge in [0.2, 0.25) is 0 Å². The van der Waals surface area contributed by atoms with E-state index in [1.54, 1.807) is 0 Å². The minimum atomic E-state index is -0.767. The number of carbonyl (C=O) groups is 2. The molecule has 0 aromatic heterocycles. The van der Waals surface area contributed by atoms with Gasteiger partial charge >= 0.3 is 11.9 Å². The van der Waals surface area contributed by atoms with E-state index in [-0.39, 0.29) is 28.7 Å². The van der Waals surface area contributed by atoms with Crippen LogP contribution in [0.1, 0.15) is 88.0 Å². The number of carbonyl (C=O) groups excluding carboxylic acids is 2. The third kappa shape index (κ3) is 3.46. The maximum absolute atomic E-state index is 13.4. The van der Waals surface area contributed by atoms with Crippen molar-refractivity contribution in [1.82, 2.24) is 0 Å². The Balaban J connectivity index is 2.31. The van der Waals surface area contributed by atoms with E-state index in [0.29, 0.717) is 12.8 Å². The van der Waals surface area contributed by atoms with Gasteiger partial charge in [-0.15, -0.1) is 0 Å². The van der Waals surface area contributed by atoms with Crippen molar-refractivity contribution in [2.75, 3.05) is 0 Å². The Bertz CT molecular complexity index is 567. The molecule has 0 aromatic carbocycles. The first-order valence-electron chi connectivity index (χ1n) is 9.49. The summed E-state index contributed by atoms with van der Waals surface area (Å²) in [5.74, 6) is -0.365. The van der Waals surface area contributed by atoms with Gasteiger partial charge in [0.1, 0.15) is 11.2 Å². The van der Waals surface area contributed by atoms with Gasteiger partial charge in [0.25, 0.3) is 0 Å². The maximum Gasteiger partial charge on any atom is 0.313 e. The molecule has 1 saturated heterocycles. The summed E-state index contributed by atoms with van der Waals surface area (Å²) in [6, 6.07) is 0. The van der Waals surface area contributed by atoms with Crippen molar-refractivity contribution in [3.63, 3.8) is 0 Å². The second-order valence-corrected chi connectivity index (χ2v) is 11.0. The van der Waals surface area contributed by atoms with Crippen LogP contribution in [0.15, 0.2) is 0 Å². The number of fused-ring (bicyclic) bond motifs is 2. The lowest BCUT2D eigenvalue weighted by Crippen LogP contribution is -2.57. The van der Waals surface area contributed by atoms with Crippen LogP contribution < -0.4 is 0 Å². The first kappa shape index (κ1) is 20.3. The molecule has 0 spiro atoms. The van der Waals surface area contributed by atoms with Crippen molar-refractivity contribution >= 4 is 11.9 Å². The molecule has 2 aliphatic rings. The average Bonchev–Trinajstić information content (AvgIpc) is 2.64. The van der Waals surface area contributed by atoms with E-state index in [9.17, 15) is 9.59 Å². The van der Waals surface area contributed by atoms with Gasteiger partial charge in [0.05, 0.1) is 11.3 Å². The predicted molar refractivity (Wildman–Crippen MR) is 98.0 cm³/mol. The Morgan fingerprint density at radius 3 is 2.20 bits per heavy atom. The van der Waals surface area contributed by atoms with E-state index in [4.69, 9.17) is 9.47 Å². The Kier molecular flexibility index (Phi) is 4.63. The summed E-state index contributed by atoms with van der Waals surface area (Å²) in [7, 11) is 0. The second-order valence-electron chi connectivity index (χ2n) is 11.0. The molecule has 1 saturated carbocycles. The molecule has 4 heteroatoms. The summed E-state index contributed by atoms with van der Waals surface area (Å²) in [6.07, 6.45) is 2.77. The fourth-order valence-corrected chi connectivity index (χ4v) is 4.34. The summed E-state index contributed by atoms with van der Waals surface area (Å²) in [6.45, 7) is 18.6. The van der Waals surface area contributed by atoms with Crippen LogP contribution >= 0.6 is 0 Å². The van der Waals surface area contributed by atoms with Crippen LogP contribution in [-0.4, -0.2) is 23.1 Å². The summed E-state index contributed by atoms with van der Waals surface area (Å²) in [5, 5.41) is 0. The van der Waals surface area contributed by atoms with Gasteiger partial charge in [-0.05, 0) is 50.9 Å². The van der Waals surface area contributed by atoms with Crippen LogP contribution in [0.3, 0.4) is 0 Å². The molecule has 0 aromatic rings. The monoisotopic (exact) mass is 352 g/mol. The van der Waals surface area contributed by atoms with Gasteiger partial charge in [-0.1, -0.05) is 41.5 Å². The first-order valence-corrected chi connectivity index (χ1v) is 9.49. The highest BCUT2D eigenvalue weighted by molar-refractivity contribution is 5.79. The largest absolute Gasteiger partial charge is 0.455 e. The van der Waals surface area contributed by atoms with Crippen molar-refractivity contribution < 1.29 is 19.1 Å². The zero-order chi connectivity index (χ0) is 19.5. The molecule has 4 atom stereocenters. The van der Waals surface area contributed by atoms with Gasteiger partial charge in [-0.25, -0.2) is 0 Å². The lowest BCUT2D eigenvalue weighted by atomic mass is 9.61. The van der Waals surface area contributed by atoms with Gasteiger partial charge < -0.3 is 9.47 Å². The topological polar surface area (TPSA) is 52.6 Å². The molecule has 1 heterocycles. The zero-order valence-corrected chi connectivity index (χ0v) is 17.5. The second kappa shape index (κ2) is 5.72. The number of hydrogen-bond acceptors (Lipinski definition) is 4. The first-order chi connectivity index (χ1) is 11.0. The maximum atomic E-state index is 13.4. The van der Waals surface area contributed by atoms with Gasteiger partial charge in [0.15, 0.2) is 0 Å². The van der Waals surface area contributed by atoms with E-state index in [0.717, 1.165) is 12.8 Å². The van der Waals surface area contributed by atoms with Crippen LogP contribution in [0.25, 0.3) is 0 Å². The summed E-state index contributed by atoms with van der Waals surface area (Å²) < 4.78 is 11.9. The molecule has 2 rings (SSSR count). The normalized spacial score (nSPS) is 35.1. The van der Waals surface area contributed by atoms with Gasteiger partial charge in [0, 0.05) is 6.42 Å². The van der Waals surface area contributed by atoms with E-state index in [1.807, 2.05) is 20.8 Å². The molecular formula is C21H36O4.